The van der Waals surface area contributed by atoms with Gasteiger partial charge < -0.3 is 5.32 Å². The molecule has 0 spiro atoms. The maximum Gasteiger partial charge on any atom is 0.271 e. The van der Waals surface area contributed by atoms with E-state index in [9.17, 15) is 4.79 Å². The highest BCUT2D eigenvalue weighted by atomic mass is 16.1. The maximum atomic E-state index is 12.4. The Labute approximate surface area is 150 Å². The number of fused-ring (bicyclic) bond motifs is 1. The van der Waals surface area contributed by atoms with E-state index in [0.717, 1.165) is 22.5 Å². The SMILES string of the molecule is O=C(NCc1cc(-c2ccccc2)ncn1)c1cnc2ccccc2n1. The van der Waals surface area contributed by atoms with E-state index in [1.54, 1.807) is 0 Å². The molecule has 0 unspecified atom stereocenters. The van der Waals surface area contributed by atoms with E-state index < -0.39 is 0 Å². The van der Waals surface area contributed by atoms with E-state index in [0.29, 0.717) is 5.52 Å². The number of nitrogens with zero attached hydrogens (tertiary/aromatic N) is 4. The van der Waals surface area contributed by atoms with Crippen LogP contribution in [0.4, 0.5) is 0 Å². The van der Waals surface area contributed by atoms with Crippen LogP contribution in [0.1, 0.15) is 16.2 Å². The predicted octanol–water partition coefficient (Wildman–Crippen LogP) is 3.02. The summed E-state index contributed by atoms with van der Waals surface area (Å²) in [6, 6.07) is 19.1. The maximum absolute atomic E-state index is 12.4. The number of para-hydroxylation sites is 2. The summed E-state index contributed by atoms with van der Waals surface area (Å²) in [6.07, 6.45) is 2.98. The highest BCUT2D eigenvalue weighted by Crippen LogP contribution is 2.16. The molecule has 2 aromatic carbocycles. The molecule has 2 aromatic heterocycles. The van der Waals surface area contributed by atoms with E-state index in [1.807, 2.05) is 60.7 Å². The summed E-state index contributed by atoms with van der Waals surface area (Å²) in [7, 11) is 0. The molecular formula is C20H15N5O. The fourth-order valence-electron chi connectivity index (χ4n) is 2.59. The molecule has 0 aliphatic heterocycles. The first-order valence-corrected chi connectivity index (χ1v) is 8.16. The third-order valence-corrected chi connectivity index (χ3v) is 3.90. The average Bonchev–Trinajstić information content (AvgIpc) is 2.72. The van der Waals surface area contributed by atoms with Crippen LogP contribution < -0.4 is 5.32 Å². The summed E-state index contributed by atoms with van der Waals surface area (Å²) in [5.41, 5.74) is 4.26. The third kappa shape index (κ3) is 3.39. The van der Waals surface area contributed by atoms with Crippen LogP contribution in [0.2, 0.25) is 0 Å². The van der Waals surface area contributed by atoms with Gasteiger partial charge in [-0.3, -0.25) is 9.78 Å². The molecule has 4 aromatic rings. The first-order chi connectivity index (χ1) is 12.8. The molecule has 126 valence electrons. The number of hydrogen-bond donors (Lipinski definition) is 1. The molecular weight excluding hydrogens is 326 g/mol. The van der Waals surface area contributed by atoms with Crippen molar-refractivity contribution in [2.75, 3.05) is 0 Å². The Balaban J connectivity index is 1.49. The molecule has 1 amide bonds. The van der Waals surface area contributed by atoms with E-state index >= 15 is 0 Å². The van der Waals surface area contributed by atoms with Gasteiger partial charge in [-0.2, -0.15) is 0 Å². The van der Waals surface area contributed by atoms with Gasteiger partial charge in [-0.25, -0.2) is 15.0 Å². The zero-order chi connectivity index (χ0) is 17.8. The van der Waals surface area contributed by atoms with E-state index in [1.165, 1.54) is 12.5 Å². The van der Waals surface area contributed by atoms with Crippen LogP contribution in [0, 0.1) is 0 Å². The number of rotatable bonds is 4. The van der Waals surface area contributed by atoms with Crippen LogP contribution in [0.25, 0.3) is 22.3 Å². The molecule has 2 heterocycles. The molecule has 0 saturated heterocycles. The van der Waals surface area contributed by atoms with Crippen molar-refractivity contribution in [1.29, 1.82) is 0 Å². The molecule has 6 heteroatoms. The molecule has 4 rings (SSSR count). The molecule has 0 aliphatic rings. The minimum atomic E-state index is -0.289. The number of hydrogen-bond acceptors (Lipinski definition) is 5. The molecule has 0 atom stereocenters. The Bertz CT molecular complexity index is 1070. The summed E-state index contributed by atoms with van der Waals surface area (Å²) >= 11 is 0. The Morgan fingerprint density at radius 2 is 1.65 bits per heavy atom. The predicted molar refractivity (Wildman–Crippen MR) is 98.2 cm³/mol. The fraction of sp³-hybridized carbons (Fsp3) is 0.0500. The Hall–Kier alpha value is -3.67. The van der Waals surface area contributed by atoms with E-state index in [-0.39, 0.29) is 18.1 Å². The fourth-order valence-corrected chi connectivity index (χ4v) is 2.59. The van der Waals surface area contributed by atoms with Gasteiger partial charge in [0.25, 0.3) is 5.91 Å². The quantitative estimate of drug-likeness (QED) is 0.617. The van der Waals surface area contributed by atoms with Crippen LogP contribution in [-0.2, 0) is 6.54 Å². The van der Waals surface area contributed by atoms with Crippen molar-refractivity contribution >= 4 is 16.9 Å². The van der Waals surface area contributed by atoms with Crippen LogP contribution in [-0.4, -0.2) is 25.8 Å². The minimum Gasteiger partial charge on any atom is -0.345 e. The van der Waals surface area contributed by atoms with Crippen molar-refractivity contribution < 1.29 is 4.79 Å². The van der Waals surface area contributed by atoms with Crippen molar-refractivity contribution in [2.45, 2.75) is 6.54 Å². The Kier molecular flexibility index (Phi) is 4.30. The van der Waals surface area contributed by atoms with Crippen molar-refractivity contribution in [3.8, 4) is 11.3 Å². The van der Waals surface area contributed by atoms with Gasteiger partial charge in [-0.15, -0.1) is 0 Å². The lowest BCUT2D eigenvalue weighted by atomic mass is 10.1. The normalized spacial score (nSPS) is 10.6. The monoisotopic (exact) mass is 341 g/mol. The zero-order valence-electron chi connectivity index (χ0n) is 13.8. The van der Waals surface area contributed by atoms with Crippen molar-refractivity contribution in [3.05, 3.63) is 84.6 Å². The highest BCUT2D eigenvalue weighted by molar-refractivity contribution is 5.93. The van der Waals surface area contributed by atoms with Gasteiger partial charge in [0.1, 0.15) is 12.0 Å². The smallest absolute Gasteiger partial charge is 0.271 e. The number of amides is 1. The number of aromatic nitrogens is 4. The summed E-state index contributed by atoms with van der Waals surface area (Å²) in [5, 5.41) is 2.83. The van der Waals surface area contributed by atoms with Crippen LogP contribution >= 0.6 is 0 Å². The largest absolute Gasteiger partial charge is 0.345 e. The van der Waals surface area contributed by atoms with Gasteiger partial charge in [0.2, 0.25) is 0 Å². The van der Waals surface area contributed by atoms with Gasteiger partial charge in [0, 0.05) is 5.56 Å². The summed E-state index contributed by atoms with van der Waals surface area (Å²) in [4.78, 5) is 29.5. The number of carbonyl (C=O) groups is 1. The highest BCUT2D eigenvalue weighted by Gasteiger charge is 2.10. The number of carbonyl (C=O) groups excluding carboxylic acids is 1. The summed E-state index contributed by atoms with van der Waals surface area (Å²) in [6.45, 7) is 0.287. The molecule has 0 aliphatic carbocycles. The van der Waals surface area contributed by atoms with Gasteiger partial charge >= 0.3 is 0 Å². The van der Waals surface area contributed by atoms with Crippen molar-refractivity contribution in [2.24, 2.45) is 0 Å². The topological polar surface area (TPSA) is 80.7 Å². The van der Waals surface area contributed by atoms with Crippen LogP contribution in [0.5, 0.6) is 0 Å². The lowest BCUT2D eigenvalue weighted by Crippen LogP contribution is -2.24. The first-order valence-electron chi connectivity index (χ1n) is 8.16. The van der Waals surface area contributed by atoms with Crippen molar-refractivity contribution in [3.63, 3.8) is 0 Å². The zero-order valence-corrected chi connectivity index (χ0v) is 13.8. The second-order valence-corrected chi connectivity index (χ2v) is 5.69. The summed E-state index contributed by atoms with van der Waals surface area (Å²) in [5.74, 6) is -0.289. The van der Waals surface area contributed by atoms with Crippen LogP contribution in [0.15, 0.2) is 73.2 Å². The first kappa shape index (κ1) is 15.8. The van der Waals surface area contributed by atoms with Gasteiger partial charge in [0.15, 0.2) is 0 Å². The van der Waals surface area contributed by atoms with E-state index in [4.69, 9.17) is 0 Å². The molecule has 0 bridgehead atoms. The van der Waals surface area contributed by atoms with Gasteiger partial charge in [0.05, 0.1) is 35.2 Å². The lowest BCUT2D eigenvalue weighted by Gasteiger charge is -2.06. The average molecular weight is 341 g/mol. The van der Waals surface area contributed by atoms with Crippen molar-refractivity contribution in [1.82, 2.24) is 25.3 Å². The number of nitrogens with one attached hydrogen (secondary N) is 1. The standard InChI is InChI=1S/C20H15N5O/c26-20(19-12-21-16-8-4-5-9-17(16)25-19)22-11-15-10-18(24-13-23-15)14-6-2-1-3-7-14/h1-10,12-13H,11H2,(H,22,26). The lowest BCUT2D eigenvalue weighted by molar-refractivity contribution is 0.0945. The molecule has 0 fully saturated rings. The second-order valence-electron chi connectivity index (χ2n) is 5.69. The molecule has 1 N–H and O–H groups in total. The Morgan fingerprint density at radius 3 is 2.50 bits per heavy atom. The van der Waals surface area contributed by atoms with Crippen LogP contribution in [0.3, 0.4) is 0 Å². The minimum absolute atomic E-state index is 0.279. The van der Waals surface area contributed by atoms with E-state index in [2.05, 4.69) is 25.3 Å². The summed E-state index contributed by atoms with van der Waals surface area (Å²) < 4.78 is 0. The number of benzene rings is 2. The molecule has 0 saturated carbocycles. The third-order valence-electron chi connectivity index (χ3n) is 3.90. The molecule has 26 heavy (non-hydrogen) atoms. The second kappa shape index (κ2) is 7.06. The molecule has 6 nitrogen and oxygen atoms in total. The van der Waals surface area contributed by atoms with Gasteiger partial charge in [-0.05, 0) is 18.2 Å². The van der Waals surface area contributed by atoms with Gasteiger partial charge in [-0.1, -0.05) is 42.5 Å². The molecule has 0 radical (unpaired) electrons. The Morgan fingerprint density at radius 1 is 0.885 bits per heavy atom.